The topological polar surface area (TPSA) is 37.3 Å². The summed E-state index contributed by atoms with van der Waals surface area (Å²) in [7, 11) is 0. The minimum atomic E-state index is -4.79. The molecule has 0 radical (unpaired) electrons. The summed E-state index contributed by atoms with van der Waals surface area (Å²) in [5, 5.41) is 0. The summed E-state index contributed by atoms with van der Waals surface area (Å²) in [4.78, 5) is -0.407. The van der Waals surface area contributed by atoms with Gasteiger partial charge in [-0.3, -0.25) is 0 Å². The number of halogens is 4. The molecule has 1 aromatic rings. The fourth-order valence-corrected chi connectivity index (χ4v) is 1.22. The number of benzene rings is 1. The van der Waals surface area contributed by atoms with Gasteiger partial charge in [0.25, 0.3) is 0 Å². The Bertz CT molecular complexity index is 374. The zero-order valence-electron chi connectivity index (χ0n) is 6.51. The lowest BCUT2D eigenvalue weighted by atomic mass is 10.2. The molecule has 0 heterocycles. The zero-order valence-corrected chi connectivity index (χ0v) is 7.32. The maximum atomic E-state index is 12.7. The van der Waals surface area contributed by atoms with Crippen molar-refractivity contribution in [2.75, 3.05) is 0 Å². The van der Waals surface area contributed by atoms with E-state index in [2.05, 4.69) is 0 Å². The molecule has 0 saturated heterocycles. The Hall–Kier alpha value is -0.950. The third-order valence-electron chi connectivity index (χ3n) is 1.45. The van der Waals surface area contributed by atoms with E-state index >= 15 is 0 Å². The number of hydrogen-bond acceptors (Lipinski definition) is 1. The highest BCUT2D eigenvalue weighted by Crippen LogP contribution is 2.31. The van der Waals surface area contributed by atoms with Crippen molar-refractivity contribution < 1.29 is 26.3 Å². The molecule has 1 aromatic carbocycles. The first-order valence-electron chi connectivity index (χ1n) is 3.30. The van der Waals surface area contributed by atoms with Gasteiger partial charge < -0.3 is 4.55 Å². The molecule has 0 spiro atoms. The third kappa shape index (κ3) is 2.30. The van der Waals surface area contributed by atoms with E-state index in [9.17, 15) is 21.8 Å². The van der Waals surface area contributed by atoms with Crippen LogP contribution < -0.4 is 0 Å². The van der Waals surface area contributed by atoms with E-state index in [0.29, 0.717) is 12.1 Å². The summed E-state index contributed by atoms with van der Waals surface area (Å²) < 4.78 is 67.6. The van der Waals surface area contributed by atoms with E-state index in [0.717, 1.165) is 6.07 Å². The third-order valence-corrected chi connectivity index (χ3v) is 2.10. The second-order valence-corrected chi connectivity index (χ2v) is 3.36. The molecule has 14 heavy (non-hydrogen) atoms. The van der Waals surface area contributed by atoms with E-state index in [1.165, 1.54) is 0 Å². The molecule has 1 N–H and O–H groups in total. The van der Waals surface area contributed by atoms with Crippen LogP contribution in [0.25, 0.3) is 0 Å². The number of rotatable bonds is 1. The molecule has 0 aliphatic carbocycles. The van der Waals surface area contributed by atoms with Gasteiger partial charge in [0.15, 0.2) is 11.1 Å². The highest BCUT2D eigenvalue weighted by atomic mass is 32.2. The van der Waals surface area contributed by atoms with Crippen LogP contribution >= 0.6 is 0 Å². The van der Waals surface area contributed by atoms with Gasteiger partial charge in [0.05, 0.1) is 10.5 Å². The molecule has 78 valence electrons. The molecule has 0 fully saturated rings. The molecule has 0 aromatic heterocycles. The minimum Gasteiger partial charge on any atom is -0.302 e. The summed E-state index contributed by atoms with van der Waals surface area (Å²) in [6.45, 7) is 0. The minimum absolute atomic E-state index is 0.388. The Morgan fingerprint density at radius 2 is 1.86 bits per heavy atom. The molecule has 7 heteroatoms. The van der Waals surface area contributed by atoms with Gasteiger partial charge in [-0.1, -0.05) is 0 Å². The summed E-state index contributed by atoms with van der Waals surface area (Å²) in [5.74, 6) is -1.56. The van der Waals surface area contributed by atoms with Crippen LogP contribution in [0.15, 0.2) is 23.1 Å². The van der Waals surface area contributed by atoms with E-state index in [-0.39, 0.29) is 0 Å². The first-order valence-corrected chi connectivity index (χ1v) is 4.40. The first-order chi connectivity index (χ1) is 6.32. The Balaban J connectivity index is 3.21. The Morgan fingerprint density at radius 1 is 1.29 bits per heavy atom. The standard InChI is InChI=1S/C7H4F4O2S/c8-6-3-4(14(12)13)1-2-5(6)7(9,10)11/h1-3H,(H,12,13). The van der Waals surface area contributed by atoms with Crippen molar-refractivity contribution in [1.82, 2.24) is 0 Å². The lowest BCUT2D eigenvalue weighted by molar-refractivity contribution is -0.140. The van der Waals surface area contributed by atoms with Gasteiger partial charge in [-0.25, -0.2) is 8.60 Å². The van der Waals surface area contributed by atoms with Crippen LogP contribution in [0.1, 0.15) is 5.56 Å². The molecular formula is C7H4F4O2S. The molecule has 0 saturated carbocycles. The van der Waals surface area contributed by atoms with Gasteiger partial charge in [0.2, 0.25) is 0 Å². The number of hydrogen-bond donors (Lipinski definition) is 1. The lowest BCUT2D eigenvalue weighted by Crippen LogP contribution is -2.08. The quantitative estimate of drug-likeness (QED) is 0.592. The Labute approximate surface area is 78.8 Å². The monoisotopic (exact) mass is 228 g/mol. The molecule has 1 rings (SSSR count). The summed E-state index contributed by atoms with van der Waals surface area (Å²) in [6.07, 6.45) is -4.79. The van der Waals surface area contributed by atoms with Crippen LogP contribution in [0.5, 0.6) is 0 Å². The van der Waals surface area contributed by atoms with Gasteiger partial charge in [-0.15, -0.1) is 0 Å². The maximum absolute atomic E-state index is 12.7. The van der Waals surface area contributed by atoms with E-state index in [1.807, 2.05) is 0 Å². The largest absolute Gasteiger partial charge is 0.419 e. The lowest BCUT2D eigenvalue weighted by Gasteiger charge is -2.07. The number of alkyl halides is 3. The van der Waals surface area contributed by atoms with Crippen LogP contribution in [0.4, 0.5) is 17.6 Å². The fraction of sp³-hybridized carbons (Fsp3) is 0.143. The smallest absolute Gasteiger partial charge is 0.302 e. The van der Waals surface area contributed by atoms with E-state index in [1.54, 1.807) is 0 Å². The molecule has 1 atom stereocenters. The van der Waals surface area contributed by atoms with Gasteiger partial charge in [-0.2, -0.15) is 13.2 Å². The average Bonchev–Trinajstić information content (AvgIpc) is 2.01. The molecule has 0 aliphatic rings. The van der Waals surface area contributed by atoms with Gasteiger partial charge in [0, 0.05) is 0 Å². The van der Waals surface area contributed by atoms with Crippen molar-refractivity contribution in [1.29, 1.82) is 0 Å². The molecule has 0 amide bonds. The molecule has 0 bridgehead atoms. The fourth-order valence-electron chi connectivity index (χ4n) is 0.834. The van der Waals surface area contributed by atoms with Crippen molar-refractivity contribution in [2.24, 2.45) is 0 Å². The molecule has 2 nitrogen and oxygen atoms in total. The average molecular weight is 228 g/mol. The van der Waals surface area contributed by atoms with Crippen molar-refractivity contribution in [2.45, 2.75) is 11.1 Å². The molecular weight excluding hydrogens is 224 g/mol. The summed E-state index contributed by atoms with van der Waals surface area (Å²) in [5.41, 5.74) is -1.45. The Morgan fingerprint density at radius 3 is 2.21 bits per heavy atom. The maximum Gasteiger partial charge on any atom is 0.419 e. The zero-order chi connectivity index (χ0) is 10.9. The van der Waals surface area contributed by atoms with Crippen LogP contribution in [-0.4, -0.2) is 8.76 Å². The van der Waals surface area contributed by atoms with Crippen LogP contribution in [0.3, 0.4) is 0 Å². The highest BCUT2D eigenvalue weighted by molar-refractivity contribution is 7.79. The second-order valence-electron chi connectivity index (χ2n) is 2.39. The molecule has 1 unspecified atom stereocenters. The highest BCUT2D eigenvalue weighted by Gasteiger charge is 2.34. The normalized spacial score (nSPS) is 14.1. The summed E-state index contributed by atoms with van der Waals surface area (Å²) >= 11 is -2.48. The predicted octanol–water partition coefficient (Wildman–Crippen LogP) is 2.43. The van der Waals surface area contributed by atoms with Crippen molar-refractivity contribution >= 4 is 11.1 Å². The Kier molecular flexibility index (Phi) is 2.91. The van der Waals surface area contributed by atoms with Crippen molar-refractivity contribution in [3.63, 3.8) is 0 Å². The van der Waals surface area contributed by atoms with Crippen LogP contribution in [0, 0.1) is 5.82 Å². The predicted molar refractivity (Wildman–Crippen MR) is 40.4 cm³/mol. The van der Waals surface area contributed by atoms with Crippen LogP contribution in [0.2, 0.25) is 0 Å². The van der Waals surface area contributed by atoms with Crippen LogP contribution in [-0.2, 0) is 17.3 Å². The SMILES string of the molecule is O=S(O)c1ccc(C(F)(F)F)c(F)c1. The molecule has 0 aliphatic heterocycles. The van der Waals surface area contributed by atoms with Gasteiger partial charge in [-0.05, 0) is 18.2 Å². The van der Waals surface area contributed by atoms with E-state index in [4.69, 9.17) is 4.55 Å². The van der Waals surface area contributed by atoms with Gasteiger partial charge in [0.1, 0.15) is 5.82 Å². The van der Waals surface area contributed by atoms with E-state index < -0.39 is 33.5 Å². The second kappa shape index (κ2) is 3.66. The van der Waals surface area contributed by atoms with Crippen molar-refractivity contribution in [3.8, 4) is 0 Å². The van der Waals surface area contributed by atoms with Gasteiger partial charge >= 0.3 is 6.18 Å². The first kappa shape index (κ1) is 11.1. The van der Waals surface area contributed by atoms with Crippen molar-refractivity contribution in [3.05, 3.63) is 29.6 Å². The summed E-state index contributed by atoms with van der Waals surface area (Å²) in [6, 6.07) is 1.57.